The van der Waals surface area contributed by atoms with Crippen LogP contribution in [0.2, 0.25) is 0 Å². The molecule has 0 spiro atoms. The summed E-state index contributed by atoms with van der Waals surface area (Å²) in [5.41, 5.74) is 0. The summed E-state index contributed by atoms with van der Waals surface area (Å²) in [7, 11) is 0. The van der Waals surface area contributed by atoms with Crippen LogP contribution in [0.5, 0.6) is 0 Å². The minimum absolute atomic E-state index is 0.182. The number of aliphatic carboxylic acids is 1. The zero-order valence-electron chi connectivity index (χ0n) is 9.21. The molecule has 4 nitrogen and oxygen atoms in total. The molecule has 0 aliphatic carbocycles. The predicted molar refractivity (Wildman–Crippen MR) is 54.1 cm³/mol. The summed E-state index contributed by atoms with van der Waals surface area (Å²) in [5, 5.41) is 7.91. The molecule has 0 amide bonds. The highest BCUT2D eigenvalue weighted by atomic mass is 16.5. The Morgan fingerprint density at radius 2 is 1.79 bits per heavy atom. The number of ether oxygens (including phenoxy) is 1. The van der Waals surface area contributed by atoms with E-state index in [0.717, 1.165) is 19.3 Å². The molecule has 0 unspecified atom stereocenters. The smallest absolute Gasteiger partial charge is 0.303 e. The lowest BCUT2D eigenvalue weighted by atomic mass is 10.4. The quantitative estimate of drug-likeness (QED) is 0.551. The van der Waals surface area contributed by atoms with Crippen LogP contribution < -0.4 is 0 Å². The van der Waals surface area contributed by atoms with Gasteiger partial charge in [0.2, 0.25) is 0 Å². The van der Waals surface area contributed by atoms with Gasteiger partial charge in [0.15, 0.2) is 0 Å². The van der Waals surface area contributed by atoms with Crippen molar-refractivity contribution in [2.45, 2.75) is 46.5 Å². The average molecular weight is 204 g/mol. The molecule has 0 aliphatic heterocycles. The lowest BCUT2D eigenvalue weighted by molar-refractivity contribution is -0.141. The van der Waals surface area contributed by atoms with Gasteiger partial charge in [0, 0.05) is 13.3 Å². The van der Waals surface area contributed by atoms with E-state index in [1.54, 1.807) is 0 Å². The van der Waals surface area contributed by atoms with E-state index >= 15 is 0 Å². The predicted octanol–water partition coefficient (Wildman–Crippen LogP) is 2.22. The summed E-state index contributed by atoms with van der Waals surface area (Å²) in [6.07, 6.45) is 3.07. The molecular formula is C10H20O4. The van der Waals surface area contributed by atoms with Gasteiger partial charge in [-0.1, -0.05) is 20.3 Å². The number of carbonyl (C=O) groups excluding carboxylic acids is 1. The van der Waals surface area contributed by atoms with Gasteiger partial charge in [0.25, 0.3) is 0 Å². The third kappa shape index (κ3) is 22.4. The maximum atomic E-state index is 10.1. The van der Waals surface area contributed by atoms with Gasteiger partial charge in [-0.15, -0.1) is 0 Å². The third-order valence-electron chi connectivity index (χ3n) is 1.27. The molecule has 4 heteroatoms. The summed E-state index contributed by atoms with van der Waals surface area (Å²) >= 11 is 0. The monoisotopic (exact) mass is 204 g/mol. The largest absolute Gasteiger partial charge is 0.481 e. The normalized spacial score (nSPS) is 8.50. The molecule has 0 aromatic rings. The van der Waals surface area contributed by atoms with Crippen LogP contribution in [0.1, 0.15) is 46.5 Å². The van der Waals surface area contributed by atoms with Crippen molar-refractivity contribution < 1.29 is 19.4 Å². The van der Waals surface area contributed by atoms with Gasteiger partial charge in [-0.05, 0) is 12.8 Å². The van der Waals surface area contributed by atoms with Gasteiger partial charge in [0.1, 0.15) is 0 Å². The van der Waals surface area contributed by atoms with E-state index in [0.29, 0.717) is 13.0 Å². The highest BCUT2D eigenvalue weighted by Gasteiger charge is 1.88. The van der Waals surface area contributed by atoms with Gasteiger partial charge >= 0.3 is 11.9 Å². The number of rotatable bonds is 5. The second kappa shape index (κ2) is 11.9. The number of carboxylic acids is 1. The van der Waals surface area contributed by atoms with Gasteiger partial charge < -0.3 is 9.84 Å². The number of carbonyl (C=O) groups is 2. The highest BCUT2D eigenvalue weighted by Crippen LogP contribution is 1.86. The van der Waals surface area contributed by atoms with Crippen LogP contribution >= 0.6 is 0 Å². The highest BCUT2D eigenvalue weighted by molar-refractivity contribution is 5.66. The first kappa shape index (κ1) is 15.4. The maximum absolute atomic E-state index is 10.1. The molecule has 0 atom stereocenters. The summed E-state index contributed by atoms with van der Waals surface area (Å²) in [6.45, 7) is 5.90. The zero-order valence-corrected chi connectivity index (χ0v) is 9.21. The molecule has 0 saturated carbocycles. The van der Waals surface area contributed by atoms with E-state index in [9.17, 15) is 9.59 Å². The summed E-state index contributed by atoms with van der Waals surface area (Å²) in [5.74, 6) is -0.893. The Balaban J connectivity index is 0. The van der Waals surface area contributed by atoms with Crippen molar-refractivity contribution >= 4 is 11.9 Å². The fraction of sp³-hybridized carbons (Fsp3) is 0.800. The summed E-state index contributed by atoms with van der Waals surface area (Å²) in [6, 6.07) is 0. The zero-order chi connectivity index (χ0) is 11.4. The first-order chi connectivity index (χ1) is 6.54. The van der Waals surface area contributed by atoms with E-state index in [1.807, 2.05) is 6.92 Å². The Morgan fingerprint density at radius 1 is 1.21 bits per heavy atom. The second-order valence-electron chi connectivity index (χ2n) is 2.84. The van der Waals surface area contributed by atoms with Crippen LogP contribution in [0.3, 0.4) is 0 Å². The second-order valence-corrected chi connectivity index (χ2v) is 2.84. The van der Waals surface area contributed by atoms with Crippen molar-refractivity contribution in [3.8, 4) is 0 Å². The van der Waals surface area contributed by atoms with Crippen LogP contribution in [0.25, 0.3) is 0 Å². The van der Waals surface area contributed by atoms with Crippen LogP contribution in [0, 0.1) is 0 Å². The average Bonchev–Trinajstić information content (AvgIpc) is 2.05. The first-order valence-corrected chi connectivity index (χ1v) is 4.89. The van der Waals surface area contributed by atoms with Crippen LogP contribution in [-0.4, -0.2) is 23.7 Å². The number of unbranched alkanes of at least 4 members (excludes halogenated alkanes) is 1. The van der Waals surface area contributed by atoms with Crippen molar-refractivity contribution in [1.82, 2.24) is 0 Å². The molecule has 0 heterocycles. The first-order valence-electron chi connectivity index (χ1n) is 4.89. The molecule has 0 aromatic heterocycles. The number of carboxylic acid groups (broad SMARTS) is 1. The Morgan fingerprint density at radius 3 is 2.00 bits per heavy atom. The molecule has 14 heavy (non-hydrogen) atoms. The third-order valence-corrected chi connectivity index (χ3v) is 1.27. The van der Waals surface area contributed by atoms with E-state index in [2.05, 4.69) is 11.7 Å². The number of hydrogen-bond acceptors (Lipinski definition) is 3. The van der Waals surface area contributed by atoms with E-state index < -0.39 is 5.97 Å². The molecule has 1 N–H and O–H groups in total. The maximum Gasteiger partial charge on any atom is 0.303 e. The van der Waals surface area contributed by atoms with Crippen LogP contribution in [0.15, 0.2) is 0 Å². The Bertz CT molecular complexity index is 154. The fourth-order valence-electron chi connectivity index (χ4n) is 0.574. The van der Waals surface area contributed by atoms with Crippen LogP contribution in [0.4, 0.5) is 0 Å². The minimum Gasteiger partial charge on any atom is -0.481 e. The van der Waals surface area contributed by atoms with E-state index in [-0.39, 0.29) is 5.97 Å². The Kier molecular flexibility index (Phi) is 13.1. The fourth-order valence-corrected chi connectivity index (χ4v) is 0.574. The van der Waals surface area contributed by atoms with Gasteiger partial charge in [0.05, 0.1) is 6.61 Å². The SMILES string of the molecule is CCCC(=O)O.CCCCOC(C)=O. The molecule has 0 radical (unpaired) electrons. The standard InChI is InChI=1S/C6H12O2.C4H8O2/c1-3-4-5-8-6(2)7;1-2-3-4(5)6/h3-5H2,1-2H3;2-3H2,1H3,(H,5,6). The molecule has 0 aliphatic rings. The molecule has 84 valence electrons. The van der Waals surface area contributed by atoms with Gasteiger partial charge in [-0.25, -0.2) is 0 Å². The van der Waals surface area contributed by atoms with Crippen LogP contribution in [-0.2, 0) is 14.3 Å². The lowest BCUT2D eigenvalue weighted by Gasteiger charge is -1.96. The van der Waals surface area contributed by atoms with E-state index in [4.69, 9.17) is 5.11 Å². The lowest BCUT2D eigenvalue weighted by Crippen LogP contribution is -1.99. The van der Waals surface area contributed by atoms with Crippen molar-refractivity contribution in [2.75, 3.05) is 6.61 Å². The molecule has 0 bridgehead atoms. The Labute approximate surface area is 85.3 Å². The summed E-state index contributed by atoms with van der Waals surface area (Å²) in [4.78, 5) is 19.7. The molecule has 0 aromatic carbocycles. The van der Waals surface area contributed by atoms with Crippen molar-refractivity contribution in [3.05, 3.63) is 0 Å². The van der Waals surface area contributed by atoms with E-state index in [1.165, 1.54) is 6.92 Å². The van der Waals surface area contributed by atoms with Crippen molar-refractivity contribution in [3.63, 3.8) is 0 Å². The minimum atomic E-state index is -0.711. The van der Waals surface area contributed by atoms with Crippen molar-refractivity contribution in [1.29, 1.82) is 0 Å². The molecule has 0 saturated heterocycles. The van der Waals surface area contributed by atoms with Crippen molar-refractivity contribution in [2.24, 2.45) is 0 Å². The van der Waals surface area contributed by atoms with Gasteiger partial charge in [-0.2, -0.15) is 0 Å². The molecule has 0 rings (SSSR count). The number of esters is 1. The molecule has 0 fully saturated rings. The Hall–Kier alpha value is -1.06. The molecular weight excluding hydrogens is 184 g/mol. The van der Waals surface area contributed by atoms with Gasteiger partial charge in [-0.3, -0.25) is 9.59 Å². The number of hydrogen-bond donors (Lipinski definition) is 1. The topological polar surface area (TPSA) is 63.6 Å². The summed E-state index contributed by atoms with van der Waals surface area (Å²) < 4.78 is 4.64.